The molecule has 5 nitrogen and oxygen atoms in total. The SMILES string of the molecule is CCC1(CC)CN=C(NCCOCC(N)=O)SC1. The van der Waals surface area contributed by atoms with Gasteiger partial charge in [0.15, 0.2) is 5.17 Å². The molecule has 1 amide bonds. The highest BCUT2D eigenvalue weighted by atomic mass is 32.2. The van der Waals surface area contributed by atoms with Crippen molar-refractivity contribution in [3.05, 3.63) is 0 Å². The lowest BCUT2D eigenvalue weighted by Gasteiger charge is -2.33. The second-order valence-electron chi connectivity index (χ2n) is 4.56. The van der Waals surface area contributed by atoms with Crippen LogP contribution in [0.4, 0.5) is 0 Å². The Kier molecular flexibility index (Phi) is 6.49. The molecule has 0 saturated heterocycles. The van der Waals surface area contributed by atoms with Crippen molar-refractivity contribution < 1.29 is 9.53 Å². The summed E-state index contributed by atoms with van der Waals surface area (Å²) in [5.74, 6) is 0.684. The Bertz CT molecular complexity index is 304. The topological polar surface area (TPSA) is 76.7 Å². The zero-order valence-electron chi connectivity index (χ0n) is 11.2. The molecule has 1 rings (SSSR count). The predicted molar refractivity (Wildman–Crippen MR) is 75.8 cm³/mol. The normalized spacial score (nSPS) is 18.2. The van der Waals surface area contributed by atoms with Crippen molar-refractivity contribution in [3.63, 3.8) is 0 Å². The van der Waals surface area contributed by atoms with E-state index in [1.807, 2.05) is 0 Å². The fourth-order valence-electron chi connectivity index (χ4n) is 1.74. The number of thioether (sulfide) groups is 1. The number of carbonyl (C=O) groups excluding carboxylic acids is 1. The molecule has 0 aliphatic carbocycles. The van der Waals surface area contributed by atoms with Crippen LogP contribution in [-0.2, 0) is 9.53 Å². The molecule has 0 bridgehead atoms. The van der Waals surface area contributed by atoms with Crippen LogP contribution in [-0.4, -0.2) is 43.1 Å². The number of carbonyl (C=O) groups is 1. The third kappa shape index (κ3) is 4.86. The maximum absolute atomic E-state index is 10.5. The number of rotatable bonds is 7. The van der Waals surface area contributed by atoms with Gasteiger partial charge in [-0.3, -0.25) is 9.79 Å². The summed E-state index contributed by atoms with van der Waals surface area (Å²) in [6.45, 7) is 6.47. The summed E-state index contributed by atoms with van der Waals surface area (Å²) in [5, 5.41) is 4.20. The lowest BCUT2D eigenvalue weighted by atomic mass is 9.84. The smallest absolute Gasteiger partial charge is 0.243 e. The molecule has 0 aromatic heterocycles. The Hall–Kier alpha value is -0.750. The predicted octanol–water partition coefficient (Wildman–Crippen LogP) is 0.987. The van der Waals surface area contributed by atoms with Crippen LogP contribution in [0.1, 0.15) is 26.7 Å². The summed E-state index contributed by atoms with van der Waals surface area (Å²) >= 11 is 1.78. The van der Waals surface area contributed by atoms with Crippen LogP contribution < -0.4 is 11.1 Å². The molecule has 0 radical (unpaired) electrons. The van der Waals surface area contributed by atoms with E-state index in [0.717, 1.165) is 17.5 Å². The van der Waals surface area contributed by atoms with Gasteiger partial charge in [-0.1, -0.05) is 25.6 Å². The average molecular weight is 273 g/mol. The number of nitrogens with zero attached hydrogens (tertiary/aromatic N) is 1. The average Bonchev–Trinajstić information content (AvgIpc) is 2.39. The number of nitrogens with two attached hydrogens (primary N) is 1. The minimum Gasteiger partial charge on any atom is -0.370 e. The molecule has 0 aromatic rings. The van der Waals surface area contributed by atoms with Crippen LogP contribution in [0.3, 0.4) is 0 Å². The summed E-state index contributed by atoms with van der Waals surface area (Å²) in [6, 6.07) is 0. The number of hydrogen-bond donors (Lipinski definition) is 2. The summed E-state index contributed by atoms with van der Waals surface area (Å²) in [5.41, 5.74) is 5.34. The lowest BCUT2D eigenvalue weighted by molar-refractivity contribution is -0.122. The van der Waals surface area contributed by atoms with Crippen LogP contribution in [0.25, 0.3) is 0 Å². The highest BCUT2D eigenvalue weighted by molar-refractivity contribution is 8.13. The van der Waals surface area contributed by atoms with Gasteiger partial charge in [0.25, 0.3) is 0 Å². The molecular formula is C12H23N3O2S. The molecule has 1 aliphatic heterocycles. The quantitative estimate of drug-likeness (QED) is 0.678. The number of ether oxygens (including phenoxy) is 1. The van der Waals surface area contributed by atoms with E-state index in [2.05, 4.69) is 24.2 Å². The first kappa shape index (κ1) is 15.3. The van der Waals surface area contributed by atoms with Gasteiger partial charge in [0.2, 0.25) is 5.91 Å². The molecule has 0 spiro atoms. The summed E-state index contributed by atoms with van der Waals surface area (Å²) in [4.78, 5) is 15.0. The minimum absolute atomic E-state index is 0.0178. The fraction of sp³-hybridized carbons (Fsp3) is 0.833. The third-order valence-electron chi connectivity index (χ3n) is 3.34. The Balaban J connectivity index is 2.21. The molecule has 6 heteroatoms. The largest absolute Gasteiger partial charge is 0.370 e. The highest BCUT2D eigenvalue weighted by Crippen LogP contribution is 2.34. The number of amidine groups is 1. The van der Waals surface area contributed by atoms with E-state index in [1.165, 1.54) is 12.8 Å². The molecule has 0 unspecified atom stereocenters. The Morgan fingerprint density at radius 1 is 1.56 bits per heavy atom. The number of hydrogen-bond acceptors (Lipinski definition) is 5. The molecule has 18 heavy (non-hydrogen) atoms. The second kappa shape index (κ2) is 7.63. The van der Waals surface area contributed by atoms with Gasteiger partial charge in [-0.25, -0.2) is 0 Å². The first-order valence-electron chi connectivity index (χ1n) is 6.39. The molecule has 0 atom stereocenters. The molecular weight excluding hydrogens is 250 g/mol. The van der Waals surface area contributed by atoms with Gasteiger partial charge in [-0.05, 0) is 18.3 Å². The Labute approximate surface area is 113 Å². The molecule has 1 aliphatic rings. The molecule has 3 N–H and O–H groups in total. The van der Waals surface area contributed by atoms with Crippen molar-refractivity contribution in [2.24, 2.45) is 16.1 Å². The summed E-state index contributed by atoms with van der Waals surface area (Å²) in [7, 11) is 0. The van der Waals surface area contributed by atoms with Gasteiger partial charge in [0.05, 0.1) is 6.61 Å². The molecule has 0 fully saturated rings. The van der Waals surface area contributed by atoms with Crippen LogP contribution in [0, 0.1) is 5.41 Å². The Morgan fingerprint density at radius 2 is 2.28 bits per heavy atom. The maximum atomic E-state index is 10.5. The van der Waals surface area contributed by atoms with Crippen molar-refractivity contribution in [2.45, 2.75) is 26.7 Å². The van der Waals surface area contributed by atoms with E-state index >= 15 is 0 Å². The van der Waals surface area contributed by atoms with Crippen LogP contribution in [0.5, 0.6) is 0 Å². The van der Waals surface area contributed by atoms with Gasteiger partial charge in [-0.2, -0.15) is 0 Å². The zero-order valence-corrected chi connectivity index (χ0v) is 12.0. The molecule has 104 valence electrons. The van der Waals surface area contributed by atoms with Gasteiger partial charge in [0, 0.05) is 18.8 Å². The molecule has 1 heterocycles. The number of primary amides is 1. The Morgan fingerprint density at radius 3 is 2.78 bits per heavy atom. The summed E-state index contributed by atoms with van der Waals surface area (Å²) < 4.78 is 5.07. The third-order valence-corrected chi connectivity index (χ3v) is 4.64. The van der Waals surface area contributed by atoms with Crippen LogP contribution >= 0.6 is 11.8 Å². The number of amides is 1. The van der Waals surface area contributed by atoms with E-state index < -0.39 is 5.91 Å². The second-order valence-corrected chi connectivity index (χ2v) is 5.53. The van der Waals surface area contributed by atoms with Crippen LogP contribution in [0.2, 0.25) is 0 Å². The number of aliphatic imine (C=N–C) groups is 1. The minimum atomic E-state index is -0.435. The first-order chi connectivity index (χ1) is 8.62. The fourth-order valence-corrected chi connectivity index (χ4v) is 3.04. The van der Waals surface area contributed by atoms with Crippen molar-refractivity contribution in [3.8, 4) is 0 Å². The standard InChI is InChI=1S/C12H23N3O2S/c1-3-12(4-2)8-15-11(18-9-12)14-5-6-17-7-10(13)16/h3-9H2,1-2H3,(H2,13,16)(H,14,15). The lowest BCUT2D eigenvalue weighted by Crippen LogP contribution is -2.35. The highest BCUT2D eigenvalue weighted by Gasteiger charge is 2.29. The van der Waals surface area contributed by atoms with E-state index in [9.17, 15) is 4.79 Å². The zero-order chi connectivity index (χ0) is 13.4. The van der Waals surface area contributed by atoms with Crippen molar-refractivity contribution in [2.75, 3.05) is 32.1 Å². The van der Waals surface area contributed by atoms with Gasteiger partial charge in [-0.15, -0.1) is 0 Å². The van der Waals surface area contributed by atoms with Gasteiger partial charge in [0.1, 0.15) is 6.61 Å². The monoisotopic (exact) mass is 273 g/mol. The maximum Gasteiger partial charge on any atom is 0.243 e. The van der Waals surface area contributed by atoms with E-state index in [0.29, 0.717) is 18.6 Å². The van der Waals surface area contributed by atoms with E-state index in [1.54, 1.807) is 11.8 Å². The molecule has 0 saturated carbocycles. The van der Waals surface area contributed by atoms with Crippen molar-refractivity contribution in [1.29, 1.82) is 0 Å². The summed E-state index contributed by atoms with van der Waals surface area (Å²) in [6.07, 6.45) is 2.35. The van der Waals surface area contributed by atoms with Crippen LogP contribution in [0.15, 0.2) is 4.99 Å². The van der Waals surface area contributed by atoms with Crippen molar-refractivity contribution >= 4 is 22.8 Å². The molecule has 0 aromatic carbocycles. The van der Waals surface area contributed by atoms with E-state index in [-0.39, 0.29) is 6.61 Å². The van der Waals surface area contributed by atoms with E-state index in [4.69, 9.17) is 10.5 Å². The van der Waals surface area contributed by atoms with Gasteiger partial charge >= 0.3 is 0 Å². The van der Waals surface area contributed by atoms with Gasteiger partial charge < -0.3 is 15.8 Å². The first-order valence-corrected chi connectivity index (χ1v) is 7.37. The van der Waals surface area contributed by atoms with Crippen molar-refractivity contribution in [1.82, 2.24) is 5.32 Å². The number of nitrogens with one attached hydrogen (secondary N) is 1.